The fourth-order valence-corrected chi connectivity index (χ4v) is 1.73. The van der Waals surface area contributed by atoms with Gasteiger partial charge in [-0.05, 0) is 10.5 Å². The second-order valence-electron chi connectivity index (χ2n) is 4.26. The molecule has 0 fully saturated rings. The maximum Gasteiger partial charge on any atom is 0.435 e. The first-order valence-electron chi connectivity index (χ1n) is 6.29. The topological polar surface area (TPSA) is 90.1 Å². The Morgan fingerprint density at radius 2 is 2.05 bits per heavy atom. The summed E-state index contributed by atoms with van der Waals surface area (Å²) in [5.74, 6) is -0.657. The Morgan fingerprint density at radius 3 is 2.86 bits per heavy atom. The van der Waals surface area contributed by atoms with E-state index in [1.807, 2.05) is 42.5 Å². The van der Waals surface area contributed by atoms with E-state index >= 15 is 0 Å². The number of nitro groups is 1. The molecule has 0 radical (unpaired) electrons. The molecule has 0 aromatic carbocycles. The molecule has 1 aromatic heterocycles. The highest BCUT2D eigenvalue weighted by molar-refractivity contribution is 5.76. The molecule has 7 nitrogen and oxygen atoms in total. The highest BCUT2D eigenvalue weighted by Gasteiger charge is 2.16. The fraction of sp³-hybridized carbons (Fsp3) is 0.143. The van der Waals surface area contributed by atoms with Gasteiger partial charge in [-0.3, -0.25) is 4.79 Å². The molecule has 2 rings (SSSR count). The third-order valence-corrected chi connectivity index (χ3v) is 2.73. The molecule has 1 aliphatic carbocycles. The van der Waals surface area contributed by atoms with Crippen molar-refractivity contribution in [2.45, 2.75) is 6.54 Å². The zero-order chi connectivity index (χ0) is 15.1. The Kier molecular flexibility index (Phi) is 4.81. The van der Waals surface area contributed by atoms with Crippen LogP contribution in [0.4, 0.5) is 5.95 Å². The number of hydrogen-bond acceptors (Lipinski definition) is 4. The normalized spacial score (nSPS) is 20.5. The predicted molar refractivity (Wildman–Crippen MR) is 77.4 cm³/mol. The molecule has 108 valence electrons. The second kappa shape index (κ2) is 6.99. The van der Waals surface area contributed by atoms with Crippen LogP contribution in [0.25, 0.3) is 0 Å². The minimum Gasteiger partial charge on any atom is -0.390 e. The van der Waals surface area contributed by atoms with Gasteiger partial charge in [0.2, 0.25) is 0 Å². The first kappa shape index (κ1) is 14.4. The van der Waals surface area contributed by atoms with E-state index < -0.39 is 4.92 Å². The number of aromatic nitrogens is 2. The number of carbonyl (C=O) groups excluding carboxylic acids is 1. The molecule has 0 saturated heterocycles. The summed E-state index contributed by atoms with van der Waals surface area (Å²) in [5, 5.41) is 13.4. The number of amides is 1. The number of rotatable bonds is 5. The zero-order valence-electron chi connectivity index (χ0n) is 11.2. The molecule has 1 aliphatic rings. The maximum absolute atomic E-state index is 11.8. The van der Waals surface area contributed by atoms with Gasteiger partial charge in [-0.1, -0.05) is 47.5 Å². The van der Waals surface area contributed by atoms with E-state index in [1.54, 1.807) is 0 Å². The lowest BCUT2D eigenvalue weighted by Gasteiger charge is -2.06. The highest BCUT2D eigenvalue weighted by atomic mass is 16.6. The van der Waals surface area contributed by atoms with Crippen molar-refractivity contribution >= 4 is 11.9 Å². The van der Waals surface area contributed by atoms with Gasteiger partial charge < -0.3 is 15.4 Å². The molecular weight excluding hydrogens is 272 g/mol. The van der Waals surface area contributed by atoms with Crippen molar-refractivity contribution < 1.29 is 9.72 Å². The summed E-state index contributed by atoms with van der Waals surface area (Å²) in [6.45, 7) is 0.221. The first-order valence-corrected chi connectivity index (χ1v) is 6.29. The van der Waals surface area contributed by atoms with Crippen molar-refractivity contribution in [1.82, 2.24) is 14.9 Å². The third kappa shape index (κ3) is 4.27. The zero-order valence-corrected chi connectivity index (χ0v) is 11.2. The SMILES string of the molecule is O=C(Cn1ccnc1[N+](=O)[O-])NCC1=C\C=C\C=C/C=C\1. The molecule has 1 aromatic rings. The van der Waals surface area contributed by atoms with E-state index in [9.17, 15) is 14.9 Å². The van der Waals surface area contributed by atoms with Crippen LogP contribution in [0.3, 0.4) is 0 Å². The van der Waals surface area contributed by atoms with Crippen molar-refractivity contribution in [3.63, 3.8) is 0 Å². The molecule has 0 aliphatic heterocycles. The summed E-state index contributed by atoms with van der Waals surface area (Å²) >= 11 is 0. The van der Waals surface area contributed by atoms with Gasteiger partial charge in [0.25, 0.3) is 5.91 Å². The number of carbonyl (C=O) groups is 1. The smallest absolute Gasteiger partial charge is 0.390 e. The molecule has 21 heavy (non-hydrogen) atoms. The summed E-state index contributed by atoms with van der Waals surface area (Å²) in [7, 11) is 0. The number of allylic oxidation sites excluding steroid dienone is 6. The van der Waals surface area contributed by atoms with Crippen LogP contribution in [-0.2, 0) is 11.3 Å². The van der Waals surface area contributed by atoms with Gasteiger partial charge in [-0.15, -0.1) is 0 Å². The van der Waals surface area contributed by atoms with Crippen molar-refractivity contribution in [1.29, 1.82) is 0 Å². The lowest BCUT2D eigenvalue weighted by molar-refractivity contribution is -0.396. The van der Waals surface area contributed by atoms with Crippen LogP contribution < -0.4 is 5.32 Å². The van der Waals surface area contributed by atoms with Crippen LogP contribution in [0.1, 0.15) is 0 Å². The van der Waals surface area contributed by atoms with E-state index in [2.05, 4.69) is 10.3 Å². The fourth-order valence-electron chi connectivity index (χ4n) is 1.73. The average molecular weight is 286 g/mol. The van der Waals surface area contributed by atoms with Gasteiger partial charge in [0.15, 0.2) is 6.54 Å². The standard InChI is InChI=1S/C14H14N4O3/c19-13(11-17-9-8-15-14(17)18(20)21)16-10-12-6-4-2-1-3-5-7-12/h1-9H,10-11H2,(H,16,19)/b2-1-,3-1?,4-2?,5-3+,6-4-,7-5?,12-6?,12-7-. The Labute approximate surface area is 121 Å². The van der Waals surface area contributed by atoms with Gasteiger partial charge in [-0.2, -0.15) is 0 Å². The molecule has 0 saturated carbocycles. The van der Waals surface area contributed by atoms with Crippen molar-refractivity contribution in [3.05, 3.63) is 70.6 Å². The maximum atomic E-state index is 11.8. The molecule has 1 heterocycles. The molecule has 0 atom stereocenters. The summed E-state index contributed by atoms with van der Waals surface area (Å²) in [6.07, 6.45) is 15.9. The minimum absolute atomic E-state index is 0.136. The number of hydrogen-bond donors (Lipinski definition) is 1. The van der Waals surface area contributed by atoms with E-state index in [1.165, 1.54) is 17.0 Å². The highest BCUT2D eigenvalue weighted by Crippen LogP contribution is 2.06. The monoisotopic (exact) mass is 286 g/mol. The molecule has 7 heteroatoms. The van der Waals surface area contributed by atoms with E-state index in [4.69, 9.17) is 0 Å². The van der Waals surface area contributed by atoms with E-state index in [0.717, 1.165) is 5.57 Å². The third-order valence-electron chi connectivity index (χ3n) is 2.73. The van der Waals surface area contributed by atoms with Crippen LogP contribution in [0.2, 0.25) is 0 Å². The van der Waals surface area contributed by atoms with Gasteiger partial charge in [0, 0.05) is 6.54 Å². The minimum atomic E-state index is -0.621. The first-order chi connectivity index (χ1) is 10.2. The lowest BCUT2D eigenvalue weighted by Crippen LogP contribution is -2.29. The van der Waals surface area contributed by atoms with Crippen molar-refractivity contribution in [2.75, 3.05) is 6.54 Å². The number of nitrogens with one attached hydrogen (secondary N) is 1. The van der Waals surface area contributed by atoms with E-state index in [-0.39, 0.29) is 18.4 Å². The summed E-state index contributed by atoms with van der Waals surface area (Å²) in [6, 6.07) is 0. The lowest BCUT2D eigenvalue weighted by atomic mass is 10.2. The van der Waals surface area contributed by atoms with Crippen molar-refractivity contribution in [3.8, 4) is 0 Å². The van der Waals surface area contributed by atoms with Crippen LogP contribution >= 0.6 is 0 Å². The molecule has 0 spiro atoms. The van der Waals surface area contributed by atoms with Gasteiger partial charge in [-0.25, -0.2) is 4.57 Å². The summed E-state index contributed by atoms with van der Waals surface area (Å²) in [4.78, 5) is 25.5. The number of imidazole rings is 1. The van der Waals surface area contributed by atoms with E-state index in [0.29, 0.717) is 6.54 Å². The summed E-state index contributed by atoms with van der Waals surface area (Å²) < 4.78 is 1.19. The van der Waals surface area contributed by atoms with Crippen molar-refractivity contribution in [2.24, 2.45) is 0 Å². The van der Waals surface area contributed by atoms with Gasteiger partial charge in [0.1, 0.15) is 12.4 Å². The Morgan fingerprint density at radius 1 is 1.29 bits per heavy atom. The molecule has 1 amide bonds. The van der Waals surface area contributed by atoms with Crippen LogP contribution in [0.15, 0.2) is 60.5 Å². The van der Waals surface area contributed by atoms with Gasteiger partial charge >= 0.3 is 5.95 Å². The Balaban J connectivity index is 1.90. The molecule has 0 unspecified atom stereocenters. The van der Waals surface area contributed by atoms with Crippen LogP contribution in [0, 0.1) is 10.1 Å². The van der Waals surface area contributed by atoms with Crippen LogP contribution in [-0.4, -0.2) is 26.9 Å². The average Bonchev–Trinajstić information content (AvgIpc) is 2.85. The molecular formula is C14H14N4O3. The molecule has 0 bridgehead atoms. The Hall–Kier alpha value is -2.96. The number of nitrogens with zero attached hydrogens (tertiary/aromatic N) is 3. The summed E-state index contributed by atoms with van der Waals surface area (Å²) in [5.41, 5.74) is 0.934. The van der Waals surface area contributed by atoms with Crippen LogP contribution in [0.5, 0.6) is 0 Å². The predicted octanol–water partition coefficient (Wildman–Crippen LogP) is 1.52. The second-order valence-corrected chi connectivity index (χ2v) is 4.26. The largest absolute Gasteiger partial charge is 0.435 e. The van der Waals surface area contributed by atoms with Gasteiger partial charge in [0.05, 0.1) is 0 Å². The Bertz CT molecular complexity index is 653. The molecule has 1 N–H and O–H groups in total. The quantitative estimate of drug-likeness (QED) is 0.656.